The molecule has 0 saturated carbocycles. The van der Waals surface area contributed by atoms with Gasteiger partial charge < -0.3 is 37.9 Å². The first-order valence-electron chi connectivity index (χ1n) is 12.2. The van der Waals surface area contributed by atoms with Gasteiger partial charge in [0.25, 0.3) is 0 Å². The molecule has 0 amide bonds. The van der Waals surface area contributed by atoms with Crippen LogP contribution >= 0.6 is 0 Å². The minimum Gasteiger partial charge on any atom is -0.497 e. The third kappa shape index (κ3) is 5.98. The molecule has 0 saturated heterocycles. The fourth-order valence-corrected chi connectivity index (χ4v) is 4.44. The highest BCUT2D eigenvalue weighted by atomic mass is 16.6. The van der Waals surface area contributed by atoms with Crippen LogP contribution in [0.3, 0.4) is 0 Å². The van der Waals surface area contributed by atoms with Gasteiger partial charge >= 0.3 is 5.97 Å². The van der Waals surface area contributed by atoms with Crippen molar-refractivity contribution in [3.8, 4) is 40.2 Å². The molecule has 3 aromatic carbocycles. The number of carbonyl (C=O) groups is 1. The number of hydrogen-bond acceptors (Lipinski definition) is 9. The van der Waals surface area contributed by atoms with Crippen molar-refractivity contribution in [1.82, 2.24) is 0 Å². The minimum absolute atomic E-state index is 0.339. The predicted molar refractivity (Wildman–Crippen MR) is 145 cm³/mol. The Bertz CT molecular complexity index is 1310. The van der Waals surface area contributed by atoms with Crippen LogP contribution in [-0.2, 0) is 16.0 Å². The number of carbonyl (C=O) groups excluding carboxylic acids is 1. The molecule has 1 aliphatic heterocycles. The highest BCUT2D eigenvalue weighted by Gasteiger charge is 2.37. The Morgan fingerprint density at radius 2 is 1.41 bits per heavy atom. The van der Waals surface area contributed by atoms with Crippen LogP contribution in [0.15, 0.2) is 54.6 Å². The van der Waals surface area contributed by atoms with Gasteiger partial charge in [0, 0.05) is 35.8 Å². The number of ether oxygens (including phenoxy) is 8. The molecule has 0 aliphatic carbocycles. The van der Waals surface area contributed by atoms with E-state index in [4.69, 9.17) is 37.9 Å². The van der Waals surface area contributed by atoms with Crippen molar-refractivity contribution < 1.29 is 42.7 Å². The van der Waals surface area contributed by atoms with Crippen molar-refractivity contribution in [2.75, 3.05) is 42.7 Å². The average Bonchev–Trinajstić information content (AvgIpc) is 2.98. The van der Waals surface area contributed by atoms with Crippen LogP contribution in [0.25, 0.3) is 6.08 Å². The average molecular weight is 537 g/mol. The summed E-state index contributed by atoms with van der Waals surface area (Å²) in [5.41, 5.74) is 2.26. The first kappa shape index (κ1) is 27.5. The van der Waals surface area contributed by atoms with Crippen LogP contribution in [0.5, 0.6) is 40.2 Å². The largest absolute Gasteiger partial charge is 0.497 e. The maximum absolute atomic E-state index is 13.0. The second kappa shape index (κ2) is 12.3. The normalized spacial score (nSPS) is 16.1. The van der Waals surface area contributed by atoms with Crippen LogP contribution in [0.2, 0.25) is 0 Å². The van der Waals surface area contributed by atoms with Gasteiger partial charge in [-0.05, 0) is 35.9 Å². The molecule has 0 unspecified atom stereocenters. The summed E-state index contributed by atoms with van der Waals surface area (Å²) in [7, 11) is 9.34. The van der Waals surface area contributed by atoms with E-state index in [0.717, 1.165) is 16.9 Å². The van der Waals surface area contributed by atoms with Crippen molar-refractivity contribution in [1.29, 1.82) is 0 Å². The molecule has 0 fully saturated rings. The lowest BCUT2D eigenvalue weighted by Gasteiger charge is -2.34. The fourth-order valence-electron chi connectivity index (χ4n) is 4.44. The summed E-state index contributed by atoms with van der Waals surface area (Å²) in [6, 6.07) is 14.4. The lowest BCUT2D eigenvalue weighted by molar-refractivity contribution is -0.149. The molecule has 9 nitrogen and oxygen atoms in total. The molecule has 9 heteroatoms. The second-order valence-electron chi connectivity index (χ2n) is 8.59. The molecular formula is C30H32O9. The summed E-state index contributed by atoms with van der Waals surface area (Å²) in [6.45, 7) is 0. The molecule has 4 rings (SSSR count). The number of benzene rings is 3. The minimum atomic E-state index is -0.699. The summed E-state index contributed by atoms with van der Waals surface area (Å²) in [4.78, 5) is 13.0. The monoisotopic (exact) mass is 536 g/mol. The third-order valence-electron chi connectivity index (χ3n) is 6.40. The van der Waals surface area contributed by atoms with E-state index >= 15 is 0 Å². The molecule has 0 aromatic heterocycles. The molecule has 39 heavy (non-hydrogen) atoms. The topological polar surface area (TPSA) is 90.9 Å². The van der Waals surface area contributed by atoms with E-state index in [0.29, 0.717) is 46.5 Å². The molecule has 1 aliphatic rings. The van der Waals surface area contributed by atoms with E-state index in [1.807, 2.05) is 24.3 Å². The molecule has 0 radical (unpaired) electrons. The Balaban J connectivity index is 1.70. The first-order chi connectivity index (χ1) is 18.9. The Labute approximate surface area is 227 Å². The van der Waals surface area contributed by atoms with Crippen LogP contribution in [0.1, 0.15) is 22.8 Å². The van der Waals surface area contributed by atoms with E-state index in [9.17, 15) is 4.79 Å². The van der Waals surface area contributed by atoms with Crippen LogP contribution in [0, 0.1) is 0 Å². The Kier molecular flexibility index (Phi) is 8.70. The summed E-state index contributed by atoms with van der Waals surface area (Å²) in [5, 5.41) is 0. The van der Waals surface area contributed by atoms with E-state index in [1.54, 1.807) is 51.7 Å². The number of methoxy groups -OCH3 is 6. The first-order valence-corrected chi connectivity index (χ1v) is 12.2. The van der Waals surface area contributed by atoms with Crippen LogP contribution < -0.4 is 33.2 Å². The van der Waals surface area contributed by atoms with Crippen molar-refractivity contribution >= 4 is 12.0 Å². The summed E-state index contributed by atoms with van der Waals surface area (Å²) in [6.07, 6.45) is 2.01. The predicted octanol–water partition coefficient (Wildman–Crippen LogP) is 5.04. The van der Waals surface area contributed by atoms with Gasteiger partial charge in [0.2, 0.25) is 5.75 Å². The lowest BCUT2D eigenvalue weighted by atomic mass is 9.93. The zero-order valence-electron chi connectivity index (χ0n) is 22.8. The van der Waals surface area contributed by atoms with E-state index in [2.05, 4.69) is 0 Å². The smallest absolute Gasteiger partial charge is 0.331 e. The zero-order chi connectivity index (χ0) is 27.9. The van der Waals surface area contributed by atoms with Gasteiger partial charge in [-0.15, -0.1) is 0 Å². The van der Waals surface area contributed by atoms with Crippen molar-refractivity contribution in [2.24, 2.45) is 0 Å². The second-order valence-corrected chi connectivity index (χ2v) is 8.59. The number of fused-ring (bicyclic) bond motifs is 1. The SMILES string of the molecule is COc1ccc(/C=C/C(=O)O[C@H]2Cc3c(OC)cc(OC)cc3O[C@@H]2c2cc(OC)c(OC)c(OC)c2)cc1. The van der Waals surface area contributed by atoms with E-state index in [-0.39, 0.29) is 0 Å². The molecule has 0 spiro atoms. The van der Waals surface area contributed by atoms with E-state index < -0.39 is 18.2 Å². The standard InChI is InChI=1S/C30H32O9/c1-32-20-10-7-18(8-11-20)9-12-28(31)38-27-17-22-23(34-3)15-21(33-2)16-24(22)39-29(27)19-13-25(35-4)30(37-6)26(14-19)36-5/h7-16,27,29H,17H2,1-6H3/b12-9+/t27-,29+/m0/s1. The van der Waals surface area contributed by atoms with Crippen molar-refractivity contribution in [2.45, 2.75) is 18.6 Å². The number of esters is 1. The highest BCUT2D eigenvalue weighted by Crippen LogP contribution is 2.46. The summed E-state index contributed by atoms with van der Waals surface area (Å²) < 4.78 is 45.2. The molecule has 206 valence electrons. The van der Waals surface area contributed by atoms with Gasteiger partial charge in [-0.1, -0.05) is 12.1 Å². The fraction of sp³-hybridized carbons (Fsp3) is 0.300. The summed E-state index contributed by atoms with van der Waals surface area (Å²) in [5.74, 6) is 3.27. The Morgan fingerprint density at radius 3 is 1.97 bits per heavy atom. The van der Waals surface area contributed by atoms with Gasteiger partial charge in [-0.3, -0.25) is 0 Å². The van der Waals surface area contributed by atoms with Gasteiger partial charge in [0.05, 0.1) is 42.7 Å². The Hall–Kier alpha value is -4.53. The lowest BCUT2D eigenvalue weighted by Crippen LogP contribution is -2.34. The van der Waals surface area contributed by atoms with Gasteiger partial charge in [-0.2, -0.15) is 0 Å². The molecule has 0 bridgehead atoms. The number of hydrogen-bond donors (Lipinski definition) is 0. The third-order valence-corrected chi connectivity index (χ3v) is 6.40. The molecule has 1 heterocycles. The van der Waals surface area contributed by atoms with Crippen molar-refractivity contribution in [3.63, 3.8) is 0 Å². The quantitative estimate of drug-likeness (QED) is 0.261. The molecule has 3 aromatic rings. The number of rotatable bonds is 10. The maximum Gasteiger partial charge on any atom is 0.331 e. The van der Waals surface area contributed by atoms with Crippen LogP contribution in [0.4, 0.5) is 0 Å². The molecule has 0 N–H and O–H groups in total. The summed E-state index contributed by atoms with van der Waals surface area (Å²) >= 11 is 0. The van der Waals surface area contributed by atoms with Crippen molar-refractivity contribution in [3.05, 3.63) is 71.3 Å². The maximum atomic E-state index is 13.0. The van der Waals surface area contributed by atoms with Crippen LogP contribution in [-0.4, -0.2) is 54.7 Å². The Morgan fingerprint density at radius 1 is 0.769 bits per heavy atom. The molecule has 2 atom stereocenters. The van der Waals surface area contributed by atoms with Gasteiger partial charge in [0.1, 0.15) is 29.1 Å². The van der Waals surface area contributed by atoms with Gasteiger partial charge in [0.15, 0.2) is 17.6 Å². The van der Waals surface area contributed by atoms with Gasteiger partial charge in [-0.25, -0.2) is 4.79 Å². The zero-order valence-corrected chi connectivity index (χ0v) is 22.8. The molecular weight excluding hydrogens is 504 g/mol. The highest BCUT2D eigenvalue weighted by molar-refractivity contribution is 5.87. The van der Waals surface area contributed by atoms with E-state index in [1.165, 1.54) is 27.4 Å².